The molecule has 0 heterocycles. The van der Waals surface area contributed by atoms with Gasteiger partial charge in [-0.1, -0.05) is 18.2 Å². The molecule has 0 amide bonds. The lowest BCUT2D eigenvalue weighted by Crippen LogP contribution is -2.05. The lowest BCUT2D eigenvalue weighted by Gasteiger charge is -2.12. The molecule has 0 fully saturated rings. The van der Waals surface area contributed by atoms with E-state index in [1.54, 1.807) is 12.1 Å². The first-order chi connectivity index (χ1) is 9.09. The van der Waals surface area contributed by atoms with Crippen molar-refractivity contribution < 1.29 is 8.78 Å². The highest BCUT2D eigenvalue weighted by atomic mass is 79.9. The van der Waals surface area contributed by atoms with Gasteiger partial charge in [-0.25, -0.2) is 8.78 Å². The molecule has 1 nitrogen and oxygen atoms in total. The molecule has 19 heavy (non-hydrogen) atoms. The Hall–Kier alpha value is -1.26. The van der Waals surface area contributed by atoms with Crippen LogP contribution in [0.4, 0.5) is 8.78 Å². The van der Waals surface area contributed by atoms with E-state index in [0.29, 0.717) is 5.56 Å². The van der Waals surface area contributed by atoms with Crippen LogP contribution in [0, 0.1) is 11.6 Å². The van der Waals surface area contributed by atoms with Crippen LogP contribution < -0.4 is 5.73 Å². The van der Waals surface area contributed by atoms with Gasteiger partial charge in [0.25, 0.3) is 0 Å². The average molecular weight is 324 g/mol. The highest BCUT2D eigenvalue weighted by Crippen LogP contribution is 2.39. The number of hydrogen-bond acceptors (Lipinski definition) is 1. The first-order valence-electron chi connectivity index (χ1n) is 6.11. The molecule has 1 aliphatic rings. The summed E-state index contributed by atoms with van der Waals surface area (Å²) in [5, 5.41) is 0. The smallest absolute Gasteiger partial charge is 0.148 e. The number of rotatable bonds is 1. The van der Waals surface area contributed by atoms with Gasteiger partial charge in [0.15, 0.2) is 0 Å². The van der Waals surface area contributed by atoms with Crippen LogP contribution in [-0.2, 0) is 6.42 Å². The molecule has 0 saturated heterocycles. The number of halogens is 3. The molecule has 1 unspecified atom stereocenters. The van der Waals surface area contributed by atoms with Crippen LogP contribution in [-0.4, -0.2) is 0 Å². The summed E-state index contributed by atoms with van der Waals surface area (Å²) in [7, 11) is 0. The van der Waals surface area contributed by atoms with Crippen LogP contribution in [0.1, 0.15) is 23.6 Å². The topological polar surface area (TPSA) is 26.0 Å². The first kappa shape index (κ1) is 12.8. The third-order valence-corrected chi connectivity index (χ3v) is 4.24. The standard InChI is InChI=1S/C15H12BrF2N/c16-11-5-6-12(17)14(15(11)18)10-3-1-2-9-8(10)4-7-13(9)19/h1-3,5-6,13H,4,7,19H2. The molecule has 0 spiro atoms. The highest BCUT2D eigenvalue weighted by Gasteiger charge is 2.25. The van der Waals surface area contributed by atoms with Crippen molar-refractivity contribution in [2.24, 2.45) is 5.73 Å². The predicted molar refractivity (Wildman–Crippen MR) is 74.7 cm³/mol. The van der Waals surface area contributed by atoms with Gasteiger partial charge >= 0.3 is 0 Å². The van der Waals surface area contributed by atoms with E-state index in [1.807, 2.05) is 6.07 Å². The second kappa shape index (κ2) is 4.69. The van der Waals surface area contributed by atoms with Crippen molar-refractivity contribution in [3.63, 3.8) is 0 Å². The monoisotopic (exact) mass is 323 g/mol. The first-order valence-corrected chi connectivity index (χ1v) is 6.90. The molecule has 2 aromatic carbocycles. The molecule has 2 N–H and O–H groups in total. The molecule has 1 aliphatic carbocycles. The quantitative estimate of drug-likeness (QED) is 0.776. The van der Waals surface area contributed by atoms with Crippen molar-refractivity contribution in [3.05, 3.63) is 57.6 Å². The third kappa shape index (κ3) is 1.99. The summed E-state index contributed by atoms with van der Waals surface area (Å²) in [6, 6.07) is 8.11. The lowest BCUT2D eigenvalue weighted by atomic mass is 9.95. The summed E-state index contributed by atoms with van der Waals surface area (Å²) < 4.78 is 28.5. The second-order valence-electron chi connectivity index (χ2n) is 4.74. The Morgan fingerprint density at radius 1 is 1.16 bits per heavy atom. The fourth-order valence-corrected chi connectivity index (χ4v) is 3.03. The second-order valence-corrected chi connectivity index (χ2v) is 5.59. The summed E-state index contributed by atoms with van der Waals surface area (Å²) in [5.41, 5.74) is 8.60. The van der Waals surface area contributed by atoms with Gasteiger partial charge in [0.2, 0.25) is 0 Å². The van der Waals surface area contributed by atoms with Crippen molar-refractivity contribution in [3.8, 4) is 11.1 Å². The maximum Gasteiger partial charge on any atom is 0.148 e. The fraction of sp³-hybridized carbons (Fsp3) is 0.200. The van der Waals surface area contributed by atoms with Crippen LogP contribution in [0.5, 0.6) is 0 Å². The molecule has 4 heteroatoms. The third-order valence-electron chi connectivity index (χ3n) is 3.63. The largest absolute Gasteiger partial charge is 0.324 e. The Labute approximate surface area is 118 Å². The number of hydrogen-bond donors (Lipinski definition) is 1. The normalized spacial score (nSPS) is 17.6. The van der Waals surface area contributed by atoms with Gasteiger partial charge in [0.1, 0.15) is 11.6 Å². The molecule has 2 aromatic rings. The minimum Gasteiger partial charge on any atom is -0.324 e. The molecule has 0 bridgehead atoms. The van der Waals surface area contributed by atoms with Crippen LogP contribution in [0.3, 0.4) is 0 Å². The van der Waals surface area contributed by atoms with Crippen LogP contribution in [0.2, 0.25) is 0 Å². The maximum absolute atomic E-state index is 14.2. The molecular formula is C15H12BrF2N. The molecule has 0 aliphatic heterocycles. The molecular weight excluding hydrogens is 312 g/mol. The number of nitrogens with two attached hydrogens (primary N) is 1. The maximum atomic E-state index is 14.2. The van der Waals surface area contributed by atoms with E-state index in [4.69, 9.17) is 5.73 Å². The Bertz CT molecular complexity index is 655. The zero-order chi connectivity index (χ0) is 13.6. The van der Waals surface area contributed by atoms with Crippen molar-refractivity contribution >= 4 is 15.9 Å². The van der Waals surface area contributed by atoms with E-state index >= 15 is 0 Å². The van der Waals surface area contributed by atoms with Gasteiger partial charge < -0.3 is 5.73 Å². The van der Waals surface area contributed by atoms with Gasteiger partial charge in [0.05, 0.1) is 10.0 Å². The summed E-state index contributed by atoms with van der Waals surface area (Å²) in [6.07, 6.45) is 1.58. The molecule has 0 aromatic heterocycles. The molecule has 3 rings (SSSR count). The lowest BCUT2D eigenvalue weighted by molar-refractivity contribution is 0.585. The molecule has 98 valence electrons. The number of benzene rings is 2. The highest BCUT2D eigenvalue weighted by molar-refractivity contribution is 9.10. The zero-order valence-electron chi connectivity index (χ0n) is 10.1. The van der Waals surface area contributed by atoms with Crippen LogP contribution in [0.15, 0.2) is 34.8 Å². The van der Waals surface area contributed by atoms with Gasteiger partial charge in [-0.3, -0.25) is 0 Å². The van der Waals surface area contributed by atoms with E-state index in [1.165, 1.54) is 12.1 Å². The molecule has 0 saturated carbocycles. The van der Waals surface area contributed by atoms with Crippen molar-refractivity contribution in [2.75, 3.05) is 0 Å². The molecule has 0 radical (unpaired) electrons. The van der Waals surface area contributed by atoms with E-state index in [0.717, 1.165) is 24.0 Å². The molecule has 1 atom stereocenters. The minimum atomic E-state index is -0.561. The Morgan fingerprint density at radius 3 is 2.74 bits per heavy atom. The van der Waals surface area contributed by atoms with Crippen LogP contribution in [0.25, 0.3) is 11.1 Å². The Morgan fingerprint density at radius 2 is 1.95 bits per heavy atom. The summed E-state index contributed by atoms with van der Waals surface area (Å²) in [5.74, 6) is -1.11. The van der Waals surface area contributed by atoms with E-state index in [2.05, 4.69) is 15.9 Å². The van der Waals surface area contributed by atoms with Crippen molar-refractivity contribution in [1.29, 1.82) is 0 Å². The summed E-state index contributed by atoms with van der Waals surface area (Å²) >= 11 is 3.10. The average Bonchev–Trinajstić information content (AvgIpc) is 2.78. The number of fused-ring (bicyclic) bond motifs is 1. The van der Waals surface area contributed by atoms with E-state index in [-0.39, 0.29) is 16.1 Å². The Balaban J connectivity index is 2.28. The van der Waals surface area contributed by atoms with Crippen molar-refractivity contribution in [1.82, 2.24) is 0 Å². The van der Waals surface area contributed by atoms with E-state index in [9.17, 15) is 8.78 Å². The van der Waals surface area contributed by atoms with E-state index < -0.39 is 11.6 Å². The SMILES string of the molecule is NC1CCc2c(-c3c(F)ccc(Br)c3F)cccc21. The predicted octanol–water partition coefficient (Wildman–Crippen LogP) is 4.34. The van der Waals surface area contributed by atoms with Gasteiger partial charge in [-0.15, -0.1) is 0 Å². The zero-order valence-corrected chi connectivity index (χ0v) is 11.7. The van der Waals surface area contributed by atoms with Crippen LogP contribution >= 0.6 is 15.9 Å². The van der Waals surface area contributed by atoms with Gasteiger partial charge in [0, 0.05) is 6.04 Å². The van der Waals surface area contributed by atoms with Crippen molar-refractivity contribution in [2.45, 2.75) is 18.9 Å². The minimum absolute atomic E-state index is 0.0281. The fourth-order valence-electron chi connectivity index (χ4n) is 2.69. The summed E-state index contributed by atoms with van der Waals surface area (Å²) in [4.78, 5) is 0. The summed E-state index contributed by atoms with van der Waals surface area (Å²) in [6.45, 7) is 0. The Kier molecular flexibility index (Phi) is 3.15. The van der Waals surface area contributed by atoms with Gasteiger partial charge in [-0.05, 0) is 57.6 Å². The van der Waals surface area contributed by atoms with Gasteiger partial charge in [-0.2, -0.15) is 0 Å².